The fraction of sp³-hybridized carbons (Fsp3) is 0.882. The zero-order chi connectivity index (χ0) is 17.0. The van der Waals surface area contributed by atoms with Crippen LogP contribution >= 0.6 is 0 Å². The number of hydrogen-bond donors (Lipinski definition) is 2. The van der Waals surface area contributed by atoms with E-state index in [1.165, 1.54) is 19.3 Å². The maximum absolute atomic E-state index is 11.7. The number of aliphatic imine (C=N–C) groups is 1. The zero-order valence-corrected chi connectivity index (χ0v) is 14.8. The first kappa shape index (κ1) is 17.3. The lowest BCUT2D eigenvalue weighted by Crippen LogP contribution is -2.49. The standard InChI is InChI=1S/C17H30N4O3/c1-3-24-16(22)20-14(13-4-5-13)10-19-15(18-2)21-8-6-17(11-21)7-9-23-12-17/h13-14H,3-12H2,1-2H3,(H,18,19)(H,20,22). The summed E-state index contributed by atoms with van der Waals surface area (Å²) in [5.41, 5.74) is 0.316. The summed E-state index contributed by atoms with van der Waals surface area (Å²) >= 11 is 0. The lowest BCUT2D eigenvalue weighted by Gasteiger charge is -2.26. The highest BCUT2D eigenvalue weighted by atomic mass is 16.5. The number of guanidine groups is 1. The summed E-state index contributed by atoms with van der Waals surface area (Å²) in [6.45, 7) is 6.69. The van der Waals surface area contributed by atoms with E-state index >= 15 is 0 Å². The molecule has 2 unspecified atom stereocenters. The molecule has 24 heavy (non-hydrogen) atoms. The summed E-state index contributed by atoms with van der Waals surface area (Å²) in [6, 6.07) is 0.104. The Morgan fingerprint density at radius 3 is 2.92 bits per heavy atom. The van der Waals surface area contributed by atoms with Crippen molar-refractivity contribution in [2.45, 2.75) is 38.6 Å². The van der Waals surface area contributed by atoms with Crippen molar-refractivity contribution in [2.24, 2.45) is 16.3 Å². The van der Waals surface area contributed by atoms with Gasteiger partial charge in [-0.2, -0.15) is 0 Å². The van der Waals surface area contributed by atoms with Crippen molar-refractivity contribution in [3.8, 4) is 0 Å². The number of alkyl carbamates (subject to hydrolysis) is 1. The third-order valence-electron chi connectivity index (χ3n) is 5.38. The molecule has 7 heteroatoms. The second-order valence-corrected chi connectivity index (χ2v) is 7.21. The molecule has 3 fully saturated rings. The van der Waals surface area contributed by atoms with Crippen LogP contribution in [-0.2, 0) is 9.47 Å². The first-order chi connectivity index (χ1) is 11.7. The molecular weight excluding hydrogens is 308 g/mol. The Balaban J connectivity index is 1.50. The van der Waals surface area contributed by atoms with Gasteiger partial charge >= 0.3 is 6.09 Å². The third-order valence-corrected chi connectivity index (χ3v) is 5.38. The first-order valence-electron chi connectivity index (χ1n) is 9.12. The molecular formula is C17H30N4O3. The fourth-order valence-electron chi connectivity index (χ4n) is 3.78. The molecule has 3 rings (SSSR count). The van der Waals surface area contributed by atoms with Gasteiger partial charge in [0, 0.05) is 38.7 Å². The summed E-state index contributed by atoms with van der Waals surface area (Å²) in [7, 11) is 1.82. The lowest BCUT2D eigenvalue weighted by molar-refractivity contribution is 0.146. The summed E-state index contributed by atoms with van der Waals surface area (Å²) < 4.78 is 10.6. The van der Waals surface area contributed by atoms with Crippen LogP contribution in [0.3, 0.4) is 0 Å². The SMILES string of the molecule is CCOC(=O)NC(CNC(=NC)N1CCC2(CCOC2)C1)C1CC1. The van der Waals surface area contributed by atoms with Gasteiger partial charge in [0.2, 0.25) is 0 Å². The van der Waals surface area contributed by atoms with Gasteiger partial charge in [-0.25, -0.2) is 4.79 Å². The topological polar surface area (TPSA) is 75.2 Å². The van der Waals surface area contributed by atoms with Crippen LogP contribution in [0.15, 0.2) is 4.99 Å². The number of carbonyl (C=O) groups excluding carboxylic acids is 1. The molecule has 0 aromatic carbocycles. The molecule has 1 amide bonds. The number of nitrogens with one attached hydrogen (secondary N) is 2. The minimum absolute atomic E-state index is 0.104. The van der Waals surface area contributed by atoms with Crippen molar-refractivity contribution in [1.82, 2.24) is 15.5 Å². The lowest BCUT2D eigenvalue weighted by atomic mass is 9.87. The van der Waals surface area contributed by atoms with E-state index < -0.39 is 0 Å². The summed E-state index contributed by atoms with van der Waals surface area (Å²) in [5.74, 6) is 1.48. The highest BCUT2D eigenvalue weighted by Gasteiger charge is 2.42. The van der Waals surface area contributed by atoms with Gasteiger partial charge in [-0.1, -0.05) is 0 Å². The number of likely N-dealkylation sites (tertiary alicyclic amines) is 1. The molecule has 1 saturated carbocycles. The zero-order valence-electron chi connectivity index (χ0n) is 14.8. The van der Waals surface area contributed by atoms with E-state index in [2.05, 4.69) is 20.5 Å². The fourth-order valence-corrected chi connectivity index (χ4v) is 3.78. The Morgan fingerprint density at radius 1 is 1.46 bits per heavy atom. The third kappa shape index (κ3) is 4.12. The molecule has 1 aliphatic carbocycles. The van der Waals surface area contributed by atoms with Gasteiger partial charge in [-0.05, 0) is 38.5 Å². The van der Waals surface area contributed by atoms with Gasteiger partial charge in [-0.15, -0.1) is 0 Å². The summed E-state index contributed by atoms with van der Waals surface area (Å²) in [6.07, 6.45) is 4.33. The number of hydrogen-bond acceptors (Lipinski definition) is 4. The van der Waals surface area contributed by atoms with Crippen LogP contribution in [0.1, 0.15) is 32.6 Å². The van der Waals surface area contributed by atoms with E-state index in [0.29, 0.717) is 24.5 Å². The molecule has 2 aliphatic heterocycles. The predicted molar refractivity (Wildman–Crippen MR) is 92.1 cm³/mol. The van der Waals surface area contributed by atoms with Crippen LogP contribution in [-0.4, -0.2) is 69.5 Å². The quantitative estimate of drug-likeness (QED) is 0.582. The van der Waals surface area contributed by atoms with Gasteiger partial charge in [0.15, 0.2) is 5.96 Å². The molecule has 0 bridgehead atoms. The average molecular weight is 338 g/mol. The summed E-state index contributed by atoms with van der Waals surface area (Å²) in [5, 5.41) is 6.43. The molecule has 0 radical (unpaired) electrons. The molecule has 2 atom stereocenters. The molecule has 0 aromatic heterocycles. The van der Waals surface area contributed by atoms with Crippen molar-refractivity contribution in [1.29, 1.82) is 0 Å². The highest BCUT2D eigenvalue weighted by Crippen LogP contribution is 2.38. The van der Waals surface area contributed by atoms with Crippen LogP contribution in [0, 0.1) is 11.3 Å². The molecule has 7 nitrogen and oxygen atoms in total. The number of carbonyl (C=O) groups is 1. The van der Waals surface area contributed by atoms with E-state index in [1.807, 2.05) is 14.0 Å². The Morgan fingerprint density at radius 2 is 2.29 bits per heavy atom. The molecule has 2 heterocycles. The van der Waals surface area contributed by atoms with Crippen molar-refractivity contribution >= 4 is 12.1 Å². The predicted octanol–water partition coefficient (Wildman–Crippen LogP) is 1.20. The maximum atomic E-state index is 11.7. The number of ether oxygens (including phenoxy) is 2. The Kier molecular flexibility index (Phi) is 5.48. The van der Waals surface area contributed by atoms with E-state index in [9.17, 15) is 4.79 Å². The Bertz CT molecular complexity index is 472. The van der Waals surface area contributed by atoms with Crippen LogP contribution in [0.4, 0.5) is 4.79 Å². The minimum atomic E-state index is -0.325. The normalized spacial score (nSPS) is 28.2. The summed E-state index contributed by atoms with van der Waals surface area (Å²) in [4.78, 5) is 18.5. The largest absolute Gasteiger partial charge is 0.450 e. The van der Waals surface area contributed by atoms with Crippen molar-refractivity contribution < 1.29 is 14.3 Å². The van der Waals surface area contributed by atoms with Crippen LogP contribution < -0.4 is 10.6 Å². The van der Waals surface area contributed by atoms with Crippen LogP contribution in [0.5, 0.6) is 0 Å². The van der Waals surface area contributed by atoms with E-state index in [0.717, 1.165) is 38.7 Å². The van der Waals surface area contributed by atoms with Crippen LogP contribution in [0.2, 0.25) is 0 Å². The number of amides is 1. The monoisotopic (exact) mass is 338 g/mol. The second-order valence-electron chi connectivity index (χ2n) is 7.21. The smallest absolute Gasteiger partial charge is 0.407 e. The number of nitrogens with zero attached hydrogens (tertiary/aromatic N) is 2. The molecule has 1 spiro atoms. The molecule has 136 valence electrons. The average Bonchev–Trinajstić information content (AvgIpc) is 3.19. The first-order valence-corrected chi connectivity index (χ1v) is 9.12. The van der Waals surface area contributed by atoms with Gasteiger partial charge < -0.3 is 25.0 Å². The van der Waals surface area contributed by atoms with Gasteiger partial charge in [0.1, 0.15) is 0 Å². The van der Waals surface area contributed by atoms with Gasteiger partial charge in [0.05, 0.1) is 19.3 Å². The second kappa shape index (κ2) is 7.59. The van der Waals surface area contributed by atoms with Gasteiger partial charge in [-0.3, -0.25) is 4.99 Å². The van der Waals surface area contributed by atoms with E-state index in [1.54, 1.807) is 0 Å². The van der Waals surface area contributed by atoms with Gasteiger partial charge in [0.25, 0.3) is 0 Å². The van der Waals surface area contributed by atoms with Crippen molar-refractivity contribution in [3.05, 3.63) is 0 Å². The van der Waals surface area contributed by atoms with Crippen molar-refractivity contribution in [2.75, 3.05) is 46.5 Å². The Hall–Kier alpha value is -1.50. The van der Waals surface area contributed by atoms with E-state index in [4.69, 9.17) is 9.47 Å². The Labute approximate surface area is 144 Å². The molecule has 2 saturated heterocycles. The van der Waals surface area contributed by atoms with Crippen molar-refractivity contribution in [3.63, 3.8) is 0 Å². The minimum Gasteiger partial charge on any atom is -0.450 e. The van der Waals surface area contributed by atoms with Crippen LogP contribution in [0.25, 0.3) is 0 Å². The maximum Gasteiger partial charge on any atom is 0.407 e. The molecule has 3 aliphatic rings. The van der Waals surface area contributed by atoms with E-state index in [-0.39, 0.29) is 12.1 Å². The molecule has 2 N–H and O–H groups in total. The number of rotatable bonds is 5. The highest BCUT2D eigenvalue weighted by molar-refractivity contribution is 5.80. The molecule has 0 aromatic rings.